The van der Waals surface area contributed by atoms with Crippen LogP contribution >= 0.6 is 0 Å². The molecule has 2 atom stereocenters. The van der Waals surface area contributed by atoms with Gasteiger partial charge in [0.05, 0.1) is 43.0 Å². The molecule has 0 saturated carbocycles. The number of methoxy groups -OCH3 is 1. The summed E-state index contributed by atoms with van der Waals surface area (Å²) >= 11 is 0. The van der Waals surface area contributed by atoms with E-state index in [-0.39, 0.29) is 53.4 Å². The number of nitrogens with zero attached hydrogens (tertiary/aromatic N) is 5. The number of quaternary nitrogens is 1. The second kappa shape index (κ2) is 16.8. The van der Waals surface area contributed by atoms with Crippen LogP contribution in [0.4, 0.5) is 24.8 Å². The number of allylic oxidation sites excluding steroid dienone is 1. The van der Waals surface area contributed by atoms with E-state index in [2.05, 4.69) is 18.1 Å². The third kappa shape index (κ3) is 8.08. The lowest BCUT2D eigenvalue weighted by molar-refractivity contribution is -0.914. The normalized spacial score (nSPS) is 14.9. The lowest BCUT2D eigenvalue weighted by Crippen LogP contribution is -3.10. The van der Waals surface area contributed by atoms with Crippen molar-refractivity contribution in [1.82, 2.24) is 14.3 Å². The highest BCUT2D eigenvalue weighted by molar-refractivity contribution is 5.93. The zero-order valence-electron chi connectivity index (χ0n) is 26.7. The molecule has 2 heterocycles. The summed E-state index contributed by atoms with van der Waals surface area (Å²) in [4.78, 5) is 41.1. The number of hydrogen-bond acceptors (Lipinski definition) is 9. The fraction of sp³-hybridized carbons (Fsp3) is 0.406. The number of aromatic nitrogens is 3. The van der Waals surface area contributed by atoms with Gasteiger partial charge in [0.2, 0.25) is 5.95 Å². The number of nitrogens with one attached hydrogen (secondary N) is 1. The van der Waals surface area contributed by atoms with Gasteiger partial charge in [0.1, 0.15) is 12.6 Å². The van der Waals surface area contributed by atoms with Gasteiger partial charge < -0.3 is 44.1 Å². The molecule has 0 bridgehead atoms. The molecule has 3 aromatic rings. The zero-order chi connectivity index (χ0) is 34.3. The van der Waals surface area contributed by atoms with Crippen LogP contribution in [0.3, 0.4) is 0 Å². The molecule has 0 aliphatic carbocycles. The smallest absolute Gasteiger partial charge is 0.416 e. The predicted octanol–water partition coefficient (Wildman–Crippen LogP) is -0.208. The maximum Gasteiger partial charge on any atom is 0.416 e. The van der Waals surface area contributed by atoms with E-state index >= 15 is 0 Å². The first-order valence-corrected chi connectivity index (χ1v) is 15.1. The fourth-order valence-corrected chi connectivity index (χ4v) is 5.81. The predicted molar refractivity (Wildman–Crippen MR) is 164 cm³/mol. The SMILES string of the molecule is CCCC[NH+](CCCN)Cc1cc(C#N)ccc1[C@@H]1C(C(=O)OC)=C(C)N(c2cccc(C(F)(F)F)c2)c2nn(COC=O)c(=O)n21.[I-]. The fourth-order valence-electron chi connectivity index (χ4n) is 5.81. The molecule has 0 amide bonds. The Bertz CT molecular complexity index is 1740. The number of halogens is 4. The van der Waals surface area contributed by atoms with Crippen molar-refractivity contribution in [1.29, 1.82) is 5.26 Å². The van der Waals surface area contributed by atoms with Crippen LogP contribution in [0.25, 0.3) is 0 Å². The first-order chi connectivity index (χ1) is 22.5. The van der Waals surface area contributed by atoms with E-state index in [1.807, 2.05) is 0 Å². The number of alkyl halides is 3. The quantitative estimate of drug-likeness (QED) is 0.129. The van der Waals surface area contributed by atoms with Crippen LogP contribution in [0.2, 0.25) is 0 Å². The minimum absolute atomic E-state index is 0. The molecule has 0 radical (unpaired) electrons. The van der Waals surface area contributed by atoms with E-state index < -0.39 is 36.2 Å². The van der Waals surface area contributed by atoms with Gasteiger partial charge in [-0.05, 0) is 55.8 Å². The van der Waals surface area contributed by atoms with Crippen molar-refractivity contribution < 1.29 is 61.1 Å². The van der Waals surface area contributed by atoms with Crippen molar-refractivity contribution in [2.45, 2.75) is 58.6 Å². The van der Waals surface area contributed by atoms with E-state index in [0.29, 0.717) is 29.8 Å². The molecule has 0 fully saturated rings. The summed E-state index contributed by atoms with van der Waals surface area (Å²) in [6.45, 7) is 5.62. The van der Waals surface area contributed by atoms with Crippen LogP contribution in [0.15, 0.2) is 58.5 Å². The lowest BCUT2D eigenvalue weighted by atomic mass is 9.89. The number of hydrogen-bond donors (Lipinski definition) is 2. The van der Waals surface area contributed by atoms with Gasteiger partial charge in [-0.2, -0.15) is 23.1 Å². The van der Waals surface area contributed by atoms with E-state index in [1.54, 1.807) is 18.2 Å². The molecule has 258 valence electrons. The third-order valence-electron chi connectivity index (χ3n) is 8.04. The Labute approximate surface area is 292 Å². The summed E-state index contributed by atoms with van der Waals surface area (Å²) in [7, 11) is 1.16. The second-order valence-corrected chi connectivity index (χ2v) is 11.1. The molecule has 2 aromatic carbocycles. The summed E-state index contributed by atoms with van der Waals surface area (Å²) in [5.41, 5.74) is 5.70. The molecule has 1 aromatic heterocycles. The first-order valence-electron chi connectivity index (χ1n) is 15.1. The summed E-state index contributed by atoms with van der Waals surface area (Å²) < 4.78 is 53.4. The first kappa shape index (κ1) is 38.2. The number of ether oxygens (including phenoxy) is 2. The molecule has 1 unspecified atom stereocenters. The number of nitriles is 1. The van der Waals surface area contributed by atoms with E-state index in [9.17, 15) is 32.8 Å². The standard InChI is InChI=1S/C32H36F3N7O5.HI/c1-4-5-13-39(14-7-12-36)18-23-15-22(17-37)10-11-26(23)28-27(29(44)46-3)21(2)41(25-9-6-8-24(16-25)32(33,34)35)30-38-40(19-47-20-43)31(45)42(28)30;/h6,8-11,15-16,20,28H,4-5,7,12-14,18-19,36H2,1-3H3;1H/t28-;/m1./s1. The Morgan fingerprint density at radius 2 is 1.92 bits per heavy atom. The van der Waals surface area contributed by atoms with Crippen molar-refractivity contribution in [2.75, 3.05) is 31.6 Å². The van der Waals surface area contributed by atoms with Crippen LogP contribution < -0.4 is 45.2 Å². The molecular formula is C32H37F3IN7O5. The summed E-state index contributed by atoms with van der Waals surface area (Å²) in [5, 5.41) is 14.1. The summed E-state index contributed by atoms with van der Waals surface area (Å²) in [6, 6.07) is 10.3. The molecular weight excluding hydrogens is 746 g/mol. The monoisotopic (exact) mass is 783 g/mol. The Hall–Kier alpha value is -4.21. The average molecular weight is 784 g/mol. The van der Waals surface area contributed by atoms with Gasteiger partial charge in [-0.3, -0.25) is 9.69 Å². The van der Waals surface area contributed by atoms with Crippen molar-refractivity contribution in [3.05, 3.63) is 86.5 Å². The molecule has 16 heteroatoms. The number of rotatable bonds is 14. The number of nitrogens with two attached hydrogens (primary N) is 1. The number of carbonyl (C=O) groups excluding carboxylic acids is 2. The number of fused-ring (bicyclic) bond motifs is 1. The Morgan fingerprint density at radius 1 is 1.19 bits per heavy atom. The van der Waals surface area contributed by atoms with Gasteiger partial charge >= 0.3 is 17.8 Å². The Morgan fingerprint density at radius 3 is 2.54 bits per heavy atom. The topological polar surface area (TPSA) is 150 Å². The van der Waals surface area contributed by atoms with Gasteiger partial charge in [0.25, 0.3) is 6.47 Å². The molecule has 48 heavy (non-hydrogen) atoms. The molecule has 0 spiro atoms. The highest BCUT2D eigenvalue weighted by atomic mass is 127. The van der Waals surface area contributed by atoms with Gasteiger partial charge in [-0.15, -0.1) is 5.10 Å². The van der Waals surface area contributed by atoms with E-state index in [1.165, 1.54) is 33.4 Å². The highest BCUT2D eigenvalue weighted by Gasteiger charge is 2.42. The van der Waals surface area contributed by atoms with Crippen LogP contribution in [0, 0.1) is 11.3 Å². The van der Waals surface area contributed by atoms with Gasteiger partial charge in [0.15, 0.2) is 6.73 Å². The van der Waals surface area contributed by atoms with Crippen molar-refractivity contribution >= 4 is 24.1 Å². The second-order valence-electron chi connectivity index (χ2n) is 11.1. The molecule has 1 aliphatic heterocycles. The maximum absolute atomic E-state index is 14.0. The number of anilines is 2. The number of unbranched alkanes of at least 4 members (excludes halogenated alkanes) is 1. The molecule has 1 aliphatic rings. The number of carbonyl (C=O) groups is 2. The van der Waals surface area contributed by atoms with Crippen LogP contribution in [-0.4, -0.2) is 53.5 Å². The van der Waals surface area contributed by atoms with Gasteiger partial charge in [-0.1, -0.05) is 25.5 Å². The van der Waals surface area contributed by atoms with Crippen molar-refractivity contribution in [3.63, 3.8) is 0 Å². The molecule has 0 saturated heterocycles. The van der Waals surface area contributed by atoms with Crippen molar-refractivity contribution in [3.8, 4) is 6.07 Å². The maximum atomic E-state index is 14.0. The summed E-state index contributed by atoms with van der Waals surface area (Å²) in [5.74, 6) is -0.944. The Kier molecular flexibility index (Phi) is 13.3. The average Bonchev–Trinajstić information content (AvgIpc) is 3.38. The number of benzene rings is 2. The van der Waals surface area contributed by atoms with Crippen LogP contribution in [0.5, 0.6) is 0 Å². The lowest BCUT2D eigenvalue weighted by Gasteiger charge is -2.36. The van der Waals surface area contributed by atoms with Crippen molar-refractivity contribution in [2.24, 2.45) is 5.73 Å². The minimum Gasteiger partial charge on any atom is -1.00 e. The minimum atomic E-state index is -4.68. The largest absolute Gasteiger partial charge is 1.00 e. The molecule has 12 nitrogen and oxygen atoms in total. The van der Waals surface area contributed by atoms with Gasteiger partial charge in [0, 0.05) is 23.4 Å². The van der Waals surface area contributed by atoms with Gasteiger partial charge in [-0.25, -0.2) is 14.2 Å². The van der Waals surface area contributed by atoms with Crippen LogP contribution in [-0.2, 0) is 38.5 Å². The molecule has 4 rings (SSSR count). The highest BCUT2D eigenvalue weighted by Crippen LogP contribution is 2.43. The zero-order valence-corrected chi connectivity index (χ0v) is 28.9. The summed E-state index contributed by atoms with van der Waals surface area (Å²) in [6.07, 6.45) is -2.04. The molecule has 3 N–H and O–H groups in total. The van der Waals surface area contributed by atoms with E-state index in [0.717, 1.165) is 56.3 Å². The van der Waals surface area contributed by atoms with Crippen LogP contribution in [0.1, 0.15) is 61.4 Å². The van der Waals surface area contributed by atoms with E-state index in [4.69, 9.17) is 15.2 Å². The third-order valence-corrected chi connectivity index (χ3v) is 8.04. The Balaban J connectivity index is 0.00000625. The number of esters is 1.